The third-order valence-electron chi connectivity index (χ3n) is 4.71. The maximum atomic E-state index is 12.4. The fourth-order valence-corrected chi connectivity index (χ4v) is 3.26. The van der Waals surface area contributed by atoms with E-state index in [2.05, 4.69) is 22.8 Å². The molecular formula is C26H24N2O3. The average molecular weight is 412 g/mol. The number of fused-ring (bicyclic) bond motifs is 1. The molecule has 0 unspecified atom stereocenters. The Kier molecular flexibility index (Phi) is 6.65. The molecule has 4 aromatic carbocycles. The fraction of sp³-hybridized carbons (Fsp3) is 0.115. The van der Waals surface area contributed by atoms with E-state index in [1.54, 1.807) is 6.07 Å². The number of hydrogen-bond acceptors (Lipinski definition) is 4. The van der Waals surface area contributed by atoms with Gasteiger partial charge >= 0.3 is 0 Å². The van der Waals surface area contributed by atoms with Gasteiger partial charge in [0.25, 0.3) is 0 Å². The minimum Gasteiger partial charge on any atom is -0.490 e. The Bertz CT molecular complexity index is 1140. The number of rotatable bonds is 9. The molecule has 1 amide bonds. The molecule has 4 rings (SSSR count). The van der Waals surface area contributed by atoms with Gasteiger partial charge in [-0.2, -0.15) is 0 Å². The van der Waals surface area contributed by atoms with Gasteiger partial charge in [-0.25, -0.2) is 0 Å². The molecule has 0 spiro atoms. The van der Waals surface area contributed by atoms with Gasteiger partial charge in [0.15, 0.2) is 0 Å². The highest BCUT2D eigenvalue weighted by molar-refractivity contribution is 5.98. The van der Waals surface area contributed by atoms with E-state index in [0.29, 0.717) is 24.7 Å². The van der Waals surface area contributed by atoms with Gasteiger partial charge in [0.05, 0.1) is 6.54 Å². The monoisotopic (exact) mass is 412 g/mol. The van der Waals surface area contributed by atoms with Crippen molar-refractivity contribution in [3.63, 3.8) is 0 Å². The maximum absolute atomic E-state index is 12.4. The van der Waals surface area contributed by atoms with Crippen LogP contribution in [0.3, 0.4) is 0 Å². The summed E-state index contributed by atoms with van der Waals surface area (Å²) in [5, 5.41) is 8.35. The number of anilines is 2. The summed E-state index contributed by atoms with van der Waals surface area (Å²) < 4.78 is 11.4. The first-order valence-corrected chi connectivity index (χ1v) is 10.2. The van der Waals surface area contributed by atoms with Crippen molar-refractivity contribution < 1.29 is 14.3 Å². The second-order valence-corrected chi connectivity index (χ2v) is 6.97. The lowest BCUT2D eigenvalue weighted by atomic mass is 10.1. The summed E-state index contributed by atoms with van der Waals surface area (Å²) in [4.78, 5) is 12.4. The van der Waals surface area contributed by atoms with Crippen LogP contribution in [0.2, 0.25) is 0 Å². The van der Waals surface area contributed by atoms with Crippen LogP contribution in [-0.4, -0.2) is 25.7 Å². The Morgan fingerprint density at radius 2 is 1.39 bits per heavy atom. The van der Waals surface area contributed by atoms with Crippen LogP contribution in [0.4, 0.5) is 11.4 Å². The maximum Gasteiger partial charge on any atom is 0.243 e. The minimum atomic E-state index is -0.127. The van der Waals surface area contributed by atoms with Crippen molar-refractivity contribution >= 4 is 28.1 Å². The van der Waals surface area contributed by atoms with E-state index in [-0.39, 0.29) is 12.5 Å². The van der Waals surface area contributed by atoms with E-state index in [0.717, 1.165) is 22.2 Å². The zero-order chi connectivity index (χ0) is 21.3. The highest BCUT2D eigenvalue weighted by Crippen LogP contribution is 2.23. The Balaban J connectivity index is 1.26. The number of benzene rings is 4. The number of carbonyl (C=O) groups excluding carboxylic acids is 1. The smallest absolute Gasteiger partial charge is 0.243 e. The molecule has 4 aromatic rings. The summed E-state index contributed by atoms with van der Waals surface area (Å²) in [5.74, 6) is 1.36. The molecule has 0 atom stereocenters. The van der Waals surface area contributed by atoms with Crippen LogP contribution in [0, 0.1) is 0 Å². The summed E-state index contributed by atoms with van der Waals surface area (Å²) in [6.45, 7) is 1.02. The van der Waals surface area contributed by atoms with E-state index >= 15 is 0 Å². The van der Waals surface area contributed by atoms with Gasteiger partial charge in [-0.3, -0.25) is 4.79 Å². The van der Waals surface area contributed by atoms with Gasteiger partial charge < -0.3 is 20.1 Å². The molecule has 5 nitrogen and oxygen atoms in total. The fourth-order valence-electron chi connectivity index (χ4n) is 3.26. The lowest BCUT2D eigenvalue weighted by Crippen LogP contribution is -2.21. The summed E-state index contributed by atoms with van der Waals surface area (Å²) in [6, 6.07) is 31.0. The van der Waals surface area contributed by atoms with E-state index in [1.807, 2.05) is 78.9 Å². The zero-order valence-corrected chi connectivity index (χ0v) is 17.1. The molecule has 5 heteroatoms. The summed E-state index contributed by atoms with van der Waals surface area (Å²) in [7, 11) is 0. The number of carbonyl (C=O) groups is 1. The van der Waals surface area contributed by atoms with E-state index < -0.39 is 0 Å². The van der Waals surface area contributed by atoms with E-state index in [4.69, 9.17) is 9.47 Å². The van der Waals surface area contributed by atoms with Crippen LogP contribution in [-0.2, 0) is 4.79 Å². The molecule has 0 radical (unpaired) electrons. The van der Waals surface area contributed by atoms with Crippen molar-refractivity contribution in [2.45, 2.75) is 0 Å². The molecule has 0 aliphatic rings. The summed E-state index contributed by atoms with van der Waals surface area (Å²) in [5.41, 5.74) is 1.62. The quantitative estimate of drug-likeness (QED) is 0.364. The van der Waals surface area contributed by atoms with Gasteiger partial charge in [-0.05, 0) is 35.7 Å². The van der Waals surface area contributed by atoms with Gasteiger partial charge in [-0.1, -0.05) is 60.7 Å². The number of nitrogens with one attached hydrogen (secondary N) is 2. The van der Waals surface area contributed by atoms with Crippen molar-refractivity contribution in [1.82, 2.24) is 0 Å². The lowest BCUT2D eigenvalue weighted by molar-refractivity contribution is -0.114. The van der Waals surface area contributed by atoms with E-state index in [1.165, 1.54) is 0 Å². The third-order valence-corrected chi connectivity index (χ3v) is 4.71. The van der Waals surface area contributed by atoms with Crippen molar-refractivity contribution in [3.8, 4) is 11.5 Å². The standard InChI is InChI=1S/C26H24N2O3/c29-26(19-27-25-15-6-9-20-8-4-5-14-24(20)25)28-21-10-7-13-23(18-21)31-17-16-30-22-11-2-1-3-12-22/h1-15,18,27H,16-17,19H2,(H,28,29). The van der Waals surface area contributed by atoms with Crippen LogP contribution in [0.5, 0.6) is 11.5 Å². The van der Waals surface area contributed by atoms with Crippen LogP contribution < -0.4 is 20.1 Å². The number of para-hydroxylation sites is 1. The second-order valence-electron chi connectivity index (χ2n) is 6.97. The van der Waals surface area contributed by atoms with Gasteiger partial charge in [0.2, 0.25) is 5.91 Å². The van der Waals surface area contributed by atoms with Crippen molar-refractivity contribution in [2.75, 3.05) is 30.4 Å². The highest BCUT2D eigenvalue weighted by Gasteiger charge is 2.06. The second kappa shape index (κ2) is 10.2. The molecule has 0 saturated heterocycles. The number of ether oxygens (including phenoxy) is 2. The van der Waals surface area contributed by atoms with Crippen LogP contribution in [0.25, 0.3) is 10.8 Å². The van der Waals surface area contributed by atoms with Crippen molar-refractivity contribution in [3.05, 3.63) is 97.1 Å². The summed E-state index contributed by atoms with van der Waals surface area (Å²) in [6.07, 6.45) is 0. The topological polar surface area (TPSA) is 59.6 Å². The first-order chi connectivity index (χ1) is 15.3. The predicted molar refractivity (Wildman–Crippen MR) is 125 cm³/mol. The molecule has 0 bridgehead atoms. The Morgan fingerprint density at radius 3 is 2.26 bits per heavy atom. The molecular weight excluding hydrogens is 388 g/mol. The first-order valence-electron chi connectivity index (χ1n) is 10.2. The number of hydrogen-bond donors (Lipinski definition) is 2. The van der Waals surface area contributed by atoms with Crippen LogP contribution >= 0.6 is 0 Å². The molecule has 2 N–H and O–H groups in total. The highest BCUT2D eigenvalue weighted by atomic mass is 16.5. The van der Waals surface area contributed by atoms with Gasteiger partial charge in [0.1, 0.15) is 24.7 Å². The lowest BCUT2D eigenvalue weighted by Gasteiger charge is -2.12. The minimum absolute atomic E-state index is 0.127. The number of amides is 1. The van der Waals surface area contributed by atoms with Crippen LogP contribution in [0.15, 0.2) is 97.1 Å². The molecule has 156 valence electrons. The molecule has 0 fully saturated rings. The van der Waals surface area contributed by atoms with Crippen molar-refractivity contribution in [2.24, 2.45) is 0 Å². The van der Waals surface area contributed by atoms with Gasteiger partial charge in [0, 0.05) is 22.8 Å². The molecule has 0 aliphatic heterocycles. The molecule has 0 aromatic heterocycles. The average Bonchev–Trinajstić information content (AvgIpc) is 2.81. The van der Waals surface area contributed by atoms with Gasteiger partial charge in [-0.15, -0.1) is 0 Å². The molecule has 0 heterocycles. The third kappa shape index (κ3) is 5.76. The van der Waals surface area contributed by atoms with Crippen molar-refractivity contribution in [1.29, 1.82) is 0 Å². The van der Waals surface area contributed by atoms with E-state index in [9.17, 15) is 4.79 Å². The normalized spacial score (nSPS) is 10.5. The predicted octanol–water partition coefficient (Wildman–Crippen LogP) is 5.35. The zero-order valence-electron chi connectivity index (χ0n) is 17.1. The molecule has 0 aliphatic carbocycles. The Morgan fingerprint density at radius 1 is 0.710 bits per heavy atom. The molecule has 0 saturated carbocycles. The Hall–Kier alpha value is -3.99. The summed E-state index contributed by atoms with van der Waals surface area (Å²) >= 11 is 0. The first kappa shape index (κ1) is 20.3. The molecule has 31 heavy (non-hydrogen) atoms. The van der Waals surface area contributed by atoms with Crippen LogP contribution in [0.1, 0.15) is 0 Å². The SMILES string of the molecule is O=C(CNc1cccc2ccccc12)Nc1cccc(OCCOc2ccccc2)c1. The largest absolute Gasteiger partial charge is 0.490 e. The Labute approximate surface area is 181 Å².